The monoisotopic (exact) mass is 328 g/mol. The predicted octanol–water partition coefficient (Wildman–Crippen LogP) is -3.95. The first-order valence-corrected chi connectivity index (χ1v) is 6.86. The van der Waals surface area contributed by atoms with Gasteiger partial charge in [0.05, 0.1) is 11.7 Å². The first-order chi connectivity index (χ1) is 9.65. The van der Waals surface area contributed by atoms with Gasteiger partial charge in [-0.3, -0.25) is 0 Å². The van der Waals surface area contributed by atoms with Crippen molar-refractivity contribution in [1.82, 2.24) is 0 Å². The standard InChI is InChI=1S/C13H28O9/c1-5(14)6(15)7(16)8(17)9(18)13(4,22)11(20)10(19)12(2,3)21/h5-11,14-22H,1-4H3. The lowest BCUT2D eigenvalue weighted by Crippen LogP contribution is -2.64. The Morgan fingerprint density at radius 1 is 0.591 bits per heavy atom. The molecule has 0 fully saturated rings. The summed E-state index contributed by atoms with van der Waals surface area (Å²) in [6.45, 7) is 4.33. The third kappa shape index (κ3) is 4.82. The molecule has 0 aromatic heterocycles. The molecule has 0 aliphatic heterocycles. The maximum absolute atomic E-state index is 10.1. The van der Waals surface area contributed by atoms with E-state index in [4.69, 9.17) is 5.11 Å². The molecule has 0 aromatic carbocycles. The van der Waals surface area contributed by atoms with Crippen LogP contribution >= 0.6 is 0 Å². The van der Waals surface area contributed by atoms with Gasteiger partial charge in [-0.25, -0.2) is 0 Å². The van der Waals surface area contributed by atoms with E-state index in [1.165, 1.54) is 0 Å². The van der Waals surface area contributed by atoms with Crippen molar-refractivity contribution in [3.05, 3.63) is 0 Å². The lowest BCUT2D eigenvalue weighted by Gasteiger charge is -2.42. The summed E-state index contributed by atoms with van der Waals surface area (Å²) in [4.78, 5) is 0. The van der Waals surface area contributed by atoms with Gasteiger partial charge in [-0.15, -0.1) is 0 Å². The van der Waals surface area contributed by atoms with Crippen molar-refractivity contribution >= 4 is 0 Å². The van der Waals surface area contributed by atoms with Crippen molar-refractivity contribution in [2.45, 2.75) is 81.6 Å². The Morgan fingerprint density at radius 3 is 1.32 bits per heavy atom. The molecule has 8 atom stereocenters. The average molecular weight is 328 g/mol. The van der Waals surface area contributed by atoms with Crippen LogP contribution in [0.5, 0.6) is 0 Å². The van der Waals surface area contributed by atoms with Gasteiger partial charge in [-0.2, -0.15) is 0 Å². The highest BCUT2D eigenvalue weighted by molar-refractivity contribution is 5.01. The fraction of sp³-hybridized carbons (Fsp3) is 1.00. The minimum absolute atomic E-state index is 0.877. The van der Waals surface area contributed by atoms with Crippen LogP contribution in [0.25, 0.3) is 0 Å². The van der Waals surface area contributed by atoms with Crippen LogP contribution in [0, 0.1) is 0 Å². The Balaban J connectivity index is 5.19. The highest BCUT2D eigenvalue weighted by atomic mass is 16.4. The molecule has 22 heavy (non-hydrogen) atoms. The van der Waals surface area contributed by atoms with Crippen molar-refractivity contribution in [2.75, 3.05) is 0 Å². The summed E-state index contributed by atoms with van der Waals surface area (Å²) < 4.78 is 0. The van der Waals surface area contributed by atoms with E-state index in [2.05, 4.69) is 0 Å². The molecular formula is C13H28O9. The van der Waals surface area contributed by atoms with Crippen molar-refractivity contribution in [3.8, 4) is 0 Å². The number of aliphatic hydroxyl groups excluding tert-OH is 7. The molecule has 0 spiro atoms. The zero-order chi connectivity index (χ0) is 18.0. The Bertz CT molecular complexity index is 339. The van der Waals surface area contributed by atoms with Crippen LogP contribution in [-0.4, -0.2) is 99.9 Å². The molecule has 0 aliphatic carbocycles. The van der Waals surface area contributed by atoms with Crippen LogP contribution in [-0.2, 0) is 0 Å². The first kappa shape index (κ1) is 21.6. The van der Waals surface area contributed by atoms with Crippen LogP contribution in [0.2, 0.25) is 0 Å². The summed E-state index contributed by atoms with van der Waals surface area (Å²) >= 11 is 0. The minimum Gasteiger partial charge on any atom is -0.391 e. The fourth-order valence-electron chi connectivity index (χ4n) is 1.90. The first-order valence-electron chi connectivity index (χ1n) is 6.86. The van der Waals surface area contributed by atoms with Crippen molar-refractivity contribution in [2.24, 2.45) is 0 Å². The zero-order valence-electron chi connectivity index (χ0n) is 13.1. The number of hydrogen-bond donors (Lipinski definition) is 9. The molecule has 0 rings (SSSR count). The van der Waals surface area contributed by atoms with E-state index in [1.807, 2.05) is 0 Å². The Labute approximate surface area is 128 Å². The molecule has 0 radical (unpaired) electrons. The second kappa shape index (κ2) is 7.47. The van der Waals surface area contributed by atoms with Crippen molar-refractivity contribution in [1.29, 1.82) is 0 Å². The summed E-state index contributed by atoms with van der Waals surface area (Å²) in [6, 6.07) is 0. The largest absolute Gasteiger partial charge is 0.391 e. The molecule has 0 amide bonds. The predicted molar refractivity (Wildman–Crippen MR) is 74.6 cm³/mol. The summed E-state index contributed by atoms with van der Waals surface area (Å²) in [5, 5.41) is 87.4. The van der Waals surface area contributed by atoms with E-state index in [1.54, 1.807) is 0 Å². The van der Waals surface area contributed by atoms with Gasteiger partial charge in [0.25, 0.3) is 0 Å². The molecule has 9 heteroatoms. The maximum Gasteiger partial charge on any atom is 0.119 e. The van der Waals surface area contributed by atoms with Crippen LogP contribution < -0.4 is 0 Å². The number of rotatable bonds is 8. The van der Waals surface area contributed by atoms with E-state index in [-0.39, 0.29) is 0 Å². The highest BCUT2D eigenvalue weighted by Gasteiger charge is 2.50. The molecule has 9 nitrogen and oxygen atoms in total. The van der Waals surface area contributed by atoms with Gasteiger partial charge < -0.3 is 46.0 Å². The topological polar surface area (TPSA) is 182 Å². The molecular weight excluding hydrogens is 300 g/mol. The van der Waals surface area contributed by atoms with Crippen molar-refractivity contribution in [3.63, 3.8) is 0 Å². The van der Waals surface area contributed by atoms with E-state index >= 15 is 0 Å². The normalized spacial score (nSPS) is 25.5. The Kier molecular flexibility index (Phi) is 7.35. The van der Waals surface area contributed by atoms with E-state index < -0.39 is 53.9 Å². The van der Waals surface area contributed by atoms with E-state index in [9.17, 15) is 40.9 Å². The quantitative estimate of drug-likeness (QED) is 0.215. The number of hydrogen-bond acceptors (Lipinski definition) is 9. The molecule has 134 valence electrons. The molecule has 8 unspecified atom stereocenters. The second-order valence-electron chi connectivity index (χ2n) is 6.43. The minimum atomic E-state index is -2.53. The van der Waals surface area contributed by atoms with Crippen LogP contribution in [0.4, 0.5) is 0 Å². The van der Waals surface area contributed by atoms with Gasteiger partial charge >= 0.3 is 0 Å². The number of aliphatic hydroxyl groups is 9. The molecule has 9 N–H and O–H groups in total. The molecule has 0 aromatic rings. The summed E-state index contributed by atoms with van der Waals surface area (Å²) in [7, 11) is 0. The van der Waals surface area contributed by atoms with Gasteiger partial charge in [-0.05, 0) is 27.7 Å². The second-order valence-corrected chi connectivity index (χ2v) is 6.43. The van der Waals surface area contributed by atoms with E-state index in [0.29, 0.717) is 0 Å². The third-order valence-corrected chi connectivity index (χ3v) is 3.74. The van der Waals surface area contributed by atoms with Gasteiger partial charge in [0.2, 0.25) is 0 Å². The van der Waals surface area contributed by atoms with Gasteiger partial charge in [0.1, 0.15) is 42.2 Å². The fourth-order valence-corrected chi connectivity index (χ4v) is 1.90. The molecule has 0 heterocycles. The van der Waals surface area contributed by atoms with E-state index in [0.717, 1.165) is 27.7 Å². The Morgan fingerprint density at radius 2 is 1.00 bits per heavy atom. The van der Waals surface area contributed by atoms with Gasteiger partial charge in [0.15, 0.2) is 0 Å². The maximum atomic E-state index is 10.1. The molecule has 0 saturated carbocycles. The molecule has 0 bridgehead atoms. The van der Waals surface area contributed by atoms with Gasteiger partial charge in [-0.1, -0.05) is 0 Å². The molecule has 0 aliphatic rings. The third-order valence-electron chi connectivity index (χ3n) is 3.74. The summed E-state index contributed by atoms with van der Waals surface area (Å²) in [5.74, 6) is 0. The van der Waals surface area contributed by atoms with Gasteiger partial charge in [0, 0.05) is 0 Å². The Hall–Kier alpha value is -0.360. The SMILES string of the molecule is CC(O)C(O)C(O)C(O)C(O)C(C)(O)C(O)C(O)C(C)(C)O. The lowest BCUT2D eigenvalue weighted by molar-refractivity contribution is -0.231. The summed E-state index contributed by atoms with van der Waals surface area (Å²) in [6.07, 6.45) is -13.5. The smallest absolute Gasteiger partial charge is 0.119 e. The van der Waals surface area contributed by atoms with Crippen molar-refractivity contribution < 1.29 is 46.0 Å². The lowest BCUT2D eigenvalue weighted by atomic mass is 9.80. The average Bonchev–Trinajstić information content (AvgIpc) is 2.40. The molecule has 0 saturated heterocycles. The zero-order valence-corrected chi connectivity index (χ0v) is 13.1. The van der Waals surface area contributed by atoms with Crippen LogP contribution in [0.3, 0.4) is 0 Å². The van der Waals surface area contributed by atoms with Crippen LogP contribution in [0.15, 0.2) is 0 Å². The van der Waals surface area contributed by atoms with Crippen LogP contribution in [0.1, 0.15) is 27.7 Å². The summed E-state index contributed by atoms with van der Waals surface area (Å²) in [5.41, 5.74) is -4.34. The highest BCUT2D eigenvalue weighted by Crippen LogP contribution is 2.26.